The highest BCUT2D eigenvalue weighted by Crippen LogP contribution is 2.40. The highest BCUT2D eigenvalue weighted by atomic mass is 16.5. The number of carbonyl (C=O) groups is 2. The average Bonchev–Trinajstić information content (AvgIpc) is 2.98. The number of carbonyl (C=O) groups excluding carboxylic acids is 2. The fourth-order valence-electron chi connectivity index (χ4n) is 3.80. The standard InChI is InChI=1S/C18H22N2O4/c1-3-24-18(23)16-11(2)7-8-12-9-20(10-13(12)16)17(22)14-5-4-6-15(21)19-14/h4-8,11-13,16H,3,9-10H2,1-2H3,(H,19,21)/t11-,12-,13+,16+/m0/s1. The monoisotopic (exact) mass is 330 g/mol. The van der Waals surface area contributed by atoms with E-state index in [2.05, 4.69) is 11.1 Å². The van der Waals surface area contributed by atoms with E-state index in [4.69, 9.17) is 4.74 Å². The van der Waals surface area contributed by atoms with Crippen LogP contribution in [0, 0.1) is 23.7 Å². The van der Waals surface area contributed by atoms with Crippen LogP contribution in [0.15, 0.2) is 35.1 Å². The molecule has 1 amide bonds. The summed E-state index contributed by atoms with van der Waals surface area (Å²) in [5.41, 5.74) is -0.0127. The number of esters is 1. The molecule has 3 rings (SSSR count). The van der Waals surface area contributed by atoms with Gasteiger partial charge in [0, 0.05) is 19.2 Å². The molecule has 1 aromatic rings. The summed E-state index contributed by atoms with van der Waals surface area (Å²) >= 11 is 0. The summed E-state index contributed by atoms with van der Waals surface area (Å²) in [6.07, 6.45) is 4.15. The second-order valence-corrected chi connectivity index (χ2v) is 6.49. The van der Waals surface area contributed by atoms with Crippen LogP contribution in [-0.4, -0.2) is 41.5 Å². The maximum atomic E-state index is 12.6. The largest absolute Gasteiger partial charge is 0.466 e. The third-order valence-electron chi connectivity index (χ3n) is 4.95. The number of allylic oxidation sites excluding steroid dienone is 1. The first kappa shape index (κ1) is 16.5. The van der Waals surface area contributed by atoms with Gasteiger partial charge in [-0.3, -0.25) is 14.4 Å². The van der Waals surface area contributed by atoms with Crippen LogP contribution in [0.2, 0.25) is 0 Å². The molecule has 1 aliphatic heterocycles. The molecule has 0 unspecified atom stereocenters. The lowest BCUT2D eigenvalue weighted by molar-refractivity contribution is -0.152. The molecule has 0 saturated carbocycles. The van der Waals surface area contributed by atoms with Crippen molar-refractivity contribution in [2.75, 3.05) is 19.7 Å². The molecule has 1 saturated heterocycles. The third kappa shape index (κ3) is 3.00. The Morgan fingerprint density at radius 1 is 1.29 bits per heavy atom. The van der Waals surface area contributed by atoms with E-state index in [9.17, 15) is 14.4 Å². The Kier molecular flexibility index (Phi) is 4.55. The van der Waals surface area contributed by atoms with Crippen molar-refractivity contribution in [1.29, 1.82) is 0 Å². The van der Waals surface area contributed by atoms with Gasteiger partial charge in [-0.1, -0.05) is 25.1 Å². The number of rotatable bonds is 3. The molecule has 128 valence electrons. The van der Waals surface area contributed by atoms with Crippen LogP contribution in [0.25, 0.3) is 0 Å². The predicted octanol–water partition coefficient (Wildman–Crippen LogP) is 1.45. The van der Waals surface area contributed by atoms with E-state index in [1.54, 1.807) is 24.0 Å². The number of hydrogen-bond acceptors (Lipinski definition) is 4. The van der Waals surface area contributed by atoms with Gasteiger partial charge in [-0.05, 0) is 30.7 Å². The Balaban J connectivity index is 1.80. The van der Waals surface area contributed by atoms with Gasteiger partial charge in [-0.15, -0.1) is 0 Å². The number of ether oxygens (including phenoxy) is 1. The van der Waals surface area contributed by atoms with Gasteiger partial charge in [-0.25, -0.2) is 0 Å². The highest BCUT2D eigenvalue weighted by molar-refractivity contribution is 5.92. The van der Waals surface area contributed by atoms with Gasteiger partial charge in [0.15, 0.2) is 0 Å². The van der Waals surface area contributed by atoms with E-state index in [0.29, 0.717) is 19.7 Å². The average molecular weight is 330 g/mol. The number of pyridine rings is 1. The maximum absolute atomic E-state index is 12.6. The first-order valence-corrected chi connectivity index (χ1v) is 8.34. The molecule has 1 aliphatic carbocycles. The van der Waals surface area contributed by atoms with Crippen molar-refractivity contribution in [3.63, 3.8) is 0 Å². The van der Waals surface area contributed by atoms with E-state index in [-0.39, 0.29) is 46.8 Å². The van der Waals surface area contributed by atoms with E-state index in [1.165, 1.54) is 6.07 Å². The lowest BCUT2D eigenvalue weighted by Gasteiger charge is -2.31. The summed E-state index contributed by atoms with van der Waals surface area (Å²) in [4.78, 5) is 40.7. The number of H-pyrrole nitrogens is 1. The molecule has 2 heterocycles. The number of amides is 1. The van der Waals surface area contributed by atoms with Gasteiger partial charge in [0.25, 0.3) is 5.91 Å². The van der Waals surface area contributed by atoms with Crippen molar-refractivity contribution in [2.45, 2.75) is 13.8 Å². The molecule has 6 nitrogen and oxygen atoms in total. The molecule has 6 heteroatoms. The van der Waals surface area contributed by atoms with Crippen LogP contribution in [0.1, 0.15) is 24.3 Å². The summed E-state index contributed by atoms with van der Waals surface area (Å²) in [5, 5.41) is 0. The Hall–Kier alpha value is -2.37. The number of nitrogens with one attached hydrogen (secondary N) is 1. The van der Waals surface area contributed by atoms with Gasteiger partial charge in [0.2, 0.25) is 5.56 Å². The fourth-order valence-corrected chi connectivity index (χ4v) is 3.80. The molecular weight excluding hydrogens is 308 g/mol. The molecule has 4 atom stereocenters. The second-order valence-electron chi connectivity index (χ2n) is 6.49. The van der Waals surface area contributed by atoms with Crippen molar-refractivity contribution in [2.24, 2.45) is 23.7 Å². The van der Waals surface area contributed by atoms with Gasteiger partial charge < -0.3 is 14.6 Å². The third-order valence-corrected chi connectivity index (χ3v) is 4.95. The molecule has 0 bridgehead atoms. The van der Waals surface area contributed by atoms with Crippen LogP contribution in [0.4, 0.5) is 0 Å². The van der Waals surface area contributed by atoms with E-state index in [0.717, 1.165) is 0 Å². The van der Waals surface area contributed by atoms with Crippen molar-refractivity contribution in [3.05, 3.63) is 46.4 Å². The molecule has 0 spiro atoms. The van der Waals surface area contributed by atoms with Gasteiger partial charge in [-0.2, -0.15) is 0 Å². The van der Waals surface area contributed by atoms with Crippen LogP contribution in [0.3, 0.4) is 0 Å². The van der Waals surface area contributed by atoms with E-state index >= 15 is 0 Å². The van der Waals surface area contributed by atoms with E-state index < -0.39 is 0 Å². The van der Waals surface area contributed by atoms with Gasteiger partial charge in [0.1, 0.15) is 5.69 Å². The first-order valence-electron chi connectivity index (χ1n) is 8.34. The number of aromatic nitrogens is 1. The summed E-state index contributed by atoms with van der Waals surface area (Å²) in [5.74, 6) is -0.319. The number of fused-ring (bicyclic) bond motifs is 1. The molecule has 1 N–H and O–H groups in total. The lowest BCUT2D eigenvalue weighted by Crippen LogP contribution is -2.37. The maximum Gasteiger partial charge on any atom is 0.309 e. The smallest absolute Gasteiger partial charge is 0.309 e. The molecule has 0 radical (unpaired) electrons. The minimum Gasteiger partial charge on any atom is -0.466 e. The Morgan fingerprint density at radius 2 is 2.08 bits per heavy atom. The van der Waals surface area contributed by atoms with Crippen LogP contribution in [-0.2, 0) is 9.53 Å². The molecular formula is C18H22N2O4. The molecule has 1 fully saturated rings. The first-order chi connectivity index (χ1) is 11.5. The molecule has 0 aromatic carbocycles. The fraction of sp³-hybridized carbons (Fsp3) is 0.500. The Labute approximate surface area is 140 Å². The lowest BCUT2D eigenvalue weighted by atomic mass is 9.72. The minimum absolute atomic E-state index is 0.0587. The Morgan fingerprint density at radius 3 is 2.79 bits per heavy atom. The molecule has 24 heavy (non-hydrogen) atoms. The zero-order valence-corrected chi connectivity index (χ0v) is 13.9. The molecule has 2 aliphatic rings. The minimum atomic E-state index is -0.296. The van der Waals surface area contributed by atoms with Crippen LogP contribution < -0.4 is 5.56 Å². The van der Waals surface area contributed by atoms with Crippen molar-refractivity contribution >= 4 is 11.9 Å². The Bertz CT molecular complexity index is 724. The summed E-state index contributed by atoms with van der Waals surface area (Å²) in [6.45, 7) is 5.22. The topological polar surface area (TPSA) is 79.5 Å². The summed E-state index contributed by atoms with van der Waals surface area (Å²) in [6, 6.07) is 4.55. The van der Waals surface area contributed by atoms with Crippen LogP contribution >= 0.6 is 0 Å². The molecule has 1 aromatic heterocycles. The van der Waals surface area contributed by atoms with Crippen molar-refractivity contribution in [1.82, 2.24) is 9.88 Å². The number of aromatic amines is 1. The zero-order chi connectivity index (χ0) is 17.3. The van der Waals surface area contributed by atoms with Crippen molar-refractivity contribution in [3.8, 4) is 0 Å². The normalized spacial score (nSPS) is 28.5. The summed E-state index contributed by atoms with van der Waals surface area (Å²) < 4.78 is 5.23. The van der Waals surface area contributed by atoms with E-state index in [1.807, 2.05) is 13.0 Å². The number of nitrogens with zero attached hydrogens (tertiary/aromatic N) is 1. The zero-order valence-electron chi connectivity index (χ0n) is 13.9. The predicted molar refractivity (Wildman–Crippen MR) is 88.4 cm³/mol. The second kappa shape index (κ2) is 6.63. The van der Waals surface area contributed by atoms with Crippen molar-refractivity contribution < 1.29 is 14.3 Å². The highest BCUT2D eigenvalue weighted by Gasteiger charge is 2.46. The number of likely N-dealkylation sites (tertiary alicyclic amines) is 1. The van der Waals surface area contributed by atoms with Gasteiger partial charge in [0.05, 0.1) is 12.5 Å². The van der Waals surface area contributed by atoms with Crippen LogP contribution in [0.5, 0.6) is 0 Å². The van der Waals surface area contributed by atoms with Gasteiger partial charge >= 0.3 is 5.97 Å². The number of hydrogen-bond donors (Lipinski definition) is 1. The SMILES string of the molecule is CCOC(=O)[C@H]1[C@@H]2CN(C(=O)c3cccc(=O)[nH]3)C[C@@H]2C=C[C@@H]1C. The quantitative estimate of drug-likeness (QED) is 0.672. The summed E-state index contributed by atoms with van der Waals surface area (Å²) in [7, 11) is 0.